The Balaban J connectivity index is 2.14. The van der Waals surface area contributed by atoms with E-state index in [0.29, 0.717) is 16.4 Å². The Hall–Kier alpha value is -2.07. The van der Waals surface area contributed by atoms with Crippen LogP contribution in [0.1, 0.15) is 10.5 Å². The van der Waals surface area contributed by atoms with Gasteiger partial charge in [-0.15, -0.1) is 0 Å². The van der Waals surface area contributed by atoms with Crippen LogP contribution in [-0.4, -0.2) is 17.9 Å². The quantitative estimate of drug-likeness (QED) is 0.893. The number of aromatic nitrogens is 1. The number of rotatable bonds is 3. The second kappa shape index (κ2) is 5.51. The molecule has 4 nitrogen and oxygen atoms in total. The number of para-hydroxylation sites is 1. The number of halogens is 1. The van der Waals surface area contributed by atoms with Crippen molar-refractivity contribution in [2.75, 3.05) is 17.7 Å². The van der Waals surface area contributed by atoms with Crippen molar-refractivity contribution >= 4 is 28.9 Å². The summed E-state index contributed by atoms with van der Waals surface area (Å²) in [5.41, 5.74) is 1.77. The van der Waals surface area contributed by atoms with Gasteiger partial charge in [0.05, 0.1) is 22.6 Å². The number of anilines is 2. The molecule has 1 aromatic carbocycles. The van der Waals surface area contributed by atoms with Crippen LogP contribution < -0.4 is 10.6 Å². The van der Waals surface area contributed by atoms with E-state index in [9.17, 15) is 4.79 Å². The van der Waals surface area contributed by atoms with Crippen molar-refractivity contribution in [2.24, 2.45) is 0 Å². The van der Waals surface area contributed by atoms with Gasteiger partial charge in [0.15, 0.2) is 0 Å². The van der Waals surface area contributed by atoms with E-state index in [4.69, 9.17) is 11.6 Å². The van der Waals surface area contributed by atoms with Crippen LogP contribution >= 0.6 is 11.6 Å². The first-order chi connectivity index (χ1) is 8.70. The summed E-state index contributed by atoms with van der Waals surface area (Å²) in [6.07, 6.45) is 1.60. The summed E-state index contributed by atoms with van der Waals surface area (Å²) >= 11 is 5.96. The van der Waals surface area contributed by atoms with Gasteiger partial charge in [0.1, 0.15) is 5.69 Å². The van der Waals surface area contributed by atoms with Crippen molar-refractivity contribution in [1.82, 2.24) is 4.98 Å². The molecule has 0 saturated heterocycles. The molecule has 1 amide bonds. The van der Waals surface area contributed by atoms with E-state index in [2.05, 4.69) is 15.6 Å². The molecule has 0 saturated carbocycles. The van der Waals surface area contributed by atoms with E-state index in [1.807, 2.05) is 0 Å². The molecule has 2 aromatic rings. The van der Waals surface area contributed by atoms with Gasteiger partial charge in [-0.3, -0.25) is 4.79 Å². The number of pyridine rings is 1. The number of hydrogen-bond donors (Lipinski definition) is 2. The van der Waals surface area contributed by atoms with Gasteiger partial charge in [0, 0.05) is 7.05 Å². The van der Waals surface area contributed by atoms with Crippen molar-refractivity contribution in [3.05, 3.63) is 53.3 Å². The lowest BCUT2D eigenvalue weighted by Crippen LogP contribution is -2.13. The van der Waals surface area contributed by atoms with Gasteiger partial charge < -0.3 is 10.6 Å². The summed E-state index contributed by atoms with van der Waals surface area (Å²) in [5.74, 6) is -0.286. The number of carbonyl (C=O) groups is 1. The molecular formula is C13H12ClN3O. The van der Waals surface area contributed by atoms with Crippen molar-refractivity contribution in [3.63, 3.8) is 0 Å². The minimum atomic E-state index is -0.286. The lowest BCUT2D eigenvalue weighted by atomic mass is 10.3. The Kier molecular flexibility index (Phi) is 3.79. The number of nitrogens with one attached hydrogen (secondary N) is 2. The van der Waals surface area contributed by atoms with Crippen LogP contribution in [0.5, 0.6) is 0 Å². The van der Waals surface area contributed by atoms with E-state index in [-0.39, 0.29) is 5.91 Å². The van der Waals surface area contributed by atoms with E-state index < -0.39 is 0 Å². The molecule has 18 heavy (non-hydrogen) atoms. The second-order valence-electron chi connectivity index (χ2n) is 3.62. The summed E-state index contributed by atoms with van der Waals surface area (Å²) in [7, 11) is 1.79. The molecule has 0 spiro atoms. The first kappa shape index (κ1) is 12.4. The molecule has 0 radical (unpaired) electrons. The minimum absolute atomic E-state index is 0.286. The van der Waals surface area contributed by atoms with Gasteiger partial charge in [0.2, 0.25) is 0 Å². The minimum Gasteiger partial charge on any atom is -0.387 e. The Morgan fingerprint density at radius 2 is 2.00 bits per heavy atom. The fourth-order valence-corrected chi connectivity index (χ4v) is 1.61. The Bertz CT molecular complexity index is 554. The van der Waals surface area contributed by atoms with Crippen molar-refractivity contribution in [3.8, 4) is 0 Å². The van der Waals surface area contributed by atoms with Gasteiger partial charge in [-0.2, -0.15) is 0 Å². The molecule has 0 atom stereocenters. The van der Waals surface area contributed by atoms with E-state index in [0.717, 1.165) is 5.69 Å². The molecule has 1 aromatic heterocycles. The zero-order valence-electron chi connectivity index (χ0n) is 9.77. The summed E-state index contributed by atoms with van der Waals surface area (Å²) in [4.78, 5) is 16.0. The molecule has 92 valence electrons. The fourth-order valence-electron chi connectivity index (χ4n) is 1.42. The number of hydrogen-bond acceptors (Lipinski definition) is 3. The fraction of sp³-hybridized carbons (Fsp3) is 0.0769. The van der Waals surface area contributed by atoms with Crippen LogP contribution in [0.25, 0.3) is 0 Å². The van der Waals surface area contributed by atoms with Crippen LogP contribution in [0.4, 0.5) is 11.4 Å². The first-order valence-corrected chi connectivity index (χ1v) is 5.78. The molecule has 1 heterocycles. The lowest BCUT2D eigenvalue weighted by Gasteiger charge is -2.06. The highest BCUT2D eigenvalue weighted by molar-refractivity contribution is 6.33. The molecule has 0 aliphatic heterocycles. The highest BCUT2D eigenvalue weighted by Gasteiger charge is 2.09. The lowest BCUT2D eigenvalue weighted by molar-refractivity contribution is 0.102. The molecule has 5 heteroatoms. The maximum atomic E-state index is 11.9. The summed E-state index contributed by atoms with van der Waals surface area (Å²) in [5, 5.41) is 6.14. The highest BCUT2D eigenvalue weighted by Crippen LogP contribution is 2.21. The first-order valence-electron chi connectivity index (χ1n) is 5.40. The Morgan fingerprint density at radius 1 is 1.22 bits per heavy atom. The predicted molar refractivity (Wildman–Crippen MR) is 73.2 cm³/mol. The normalized spacial score (nSPS) is 9.89. The Morgan fingerprint density at radius 3 is 2.61 bits per heavy atom. The summed E-state index contributed by atoms with van der Waals surface area (Å²) in [6, 6.07) is 10.5. The molecule has 0 aliphatic carbocycles. The van der Waals surface area contributed by atoms with E-state index in [1.54, 1.807) is 49.6 Å². The zero-order chi connectivity index (χ0) is 13.0. The molecule has 0 unspecified atom stereocenters. The number of nitrogens with zero attached hydrogens (tertiary/aromatic N) is 1. The number of carbonyl (C=O) groups excluding carboxylic acids is 1. The van der Waals surface area contributed by atoms with Crippen molar-refractivity contribution < 1.29 is 4.79 Å². The topological polar surface area (TPSA) is 54.0 Å². The third-order valence-electron chi connectivity index (χ3n) is 2.41. The maximum Gasteiger partial charge on any atom is 0.274 e. The molecule has 0 aliphatic rings. The molecular weight excluding hydrogens is 250 g/mol. The van der Waals surface area contributed by atoms with Gasteiger partial charge in [0.25, 0.3) is 5.91 Å². The van der Waals surface area contributed by atoms with Gasteiger partial charge in [-0.1, -0.05) is 23.7 Å². The average molecular weight is 262 g/mol. The summed E-state index contributed by atoms with van der Waals surface area (Å²) < 4.78 is 0. The van der Waals surface area contributed by atoms with Crippen LogP contribution in [0, 0.1) is 0 Å². The predicted octanol–water partition coefficient (Wildman–Crippen LogP) is 3.03. The summed E-state index contributed by atoms with van der Waals surface area (Å²) in [6.45, 7) is 0. The smallest absolute Gasteiger partial charge is 0.274 e. The Labute approximate surface area is 110 Å². The molecule has 0 fully saturated rings. The molecule has 0 bridgehead atoms. The van der Waals surface area contributed by atoms with Gasteiger partial charge in [-0.25, -0.2) is 4.98 Å². The van der Waals surface area contributed by atoms with Crippen molar-refractivity contribution in [2.45, 2.75) is 0 Å². The van der Waals surface area contributed by atoms with E-state index in [1.165, 1.54) is 0 Å². The maximum absolute atomic E-state index is 11.9. The third kappa shape index (κ3) is 2.78. The van der Waals surface area contributed by atoms with Crippen LogP contribution in [0.2, 0.25) is 5.02 Å². The van der Waals surface area contributed by atoms with Crippen LogP contribution in [0.15, 0.2) is 42.6 Å². The zero-order valence-corrected chi connectivity index (χ0v) is 10.5. The molecule has 2 rings (SSSR count). The van der Waals surface area contributed by atoms with Crippen LogP contribution in [0.3, 0.4) is 0 Å². The average Bonchev–Trinajstić information content (AvgIpc) is 2.41. The highest BCUT2D eigenvalue weighted by atomic mass is 35.5. The number of benzene rings is 1. The second-order valence-corrected chi connectivity index (χ2v) is 4.02. The van der Waals surface area contributed by atoms with Crippen LogP contribution in [-0.2, 0) is 0 Å². The largest absolute Gasteiger partial charge is 0.387 e. The molecule has 2 N–H and O–H groups in total. The number of amides is 1. The van der Waals surface area contributed by atoms with Gasteiger partial charge >= 0.3 is 0 Å². The monoisotopic (exact) mass is 261 g/mol. The van der Waals surface area contributed by atoms with E-state index >= 15 is 0 Å². The standard InChI is InChI=1S/C13H12ClN3O/c1-15-9-6-7-12(16-8-9)13(18)17-11-5-3-2-4-10(11)14/h2-8,15H,1H3,(H,17,18). The SMILES string of the molecule is CNc1ccc(C(=O)Nc2ccccc2Cl)nc1. The third-order valence-corrected chi connectivity index (χ3v) is 2.74. The van der Waals surface area contributed by atoms with Gasteiger partial charge in [-0.05, 0) is 24.3 Å². The van der Waals surface area contributed by atoms with Crippen molar-refractivity contribution in [1.29, 1.82) is 0 Å².